The lowest BCUT2D eigenvalue weighted by molar-refractivity contribution is -0.143. The summed E-state index contributed by atoms with van der Waals surface area (Å²) in [5.74, 6) is 0.757. The molecule has 1 aliphatic rings. The standard InChI is InChI=1S/C24H26F6N6O2S/c1-5-16(6-7-31-4)13-38-21-20(33-39-34-21)35-11-14(2)36(15(3)12-35)22(37)32-19-9-17(23(25,26)27)8-18(10-19)24(28,29)30/h5-10,14-15H,4,11-13H2,1-3H3,(H,32,37)/b7-6-,16-5+. The topological polar surface area (TPSA) is 83.0 Å². The Morgan fingerprint density at radius 2 is 1.72 bits per heavy atom. The lowest BCUT2D eigenvalue weighted by Gasteiger charge is -2.44. The Kier molecular flexibility index (Phi) is 9.25. The van der Waals surface area contributed by atoms with Gasteiger partial charge in [0.05, 0.1) is 22.9 Å². The van der Waals surface area contributed by atoms with Crippen LogP contribution in [-0.4, -0.2) is 58.2 Å². The van der Waals surface area contributed by atoms with Crippen molar-refractivity contribution < 1.29 is 35.9 Å². The maximum Gasteiger partial charge on any atom is 0.416 e. The number of rotatable bonds is 7. The second-order valence-electron chi connectivity index (χ2n) is 8.78. The monoisotopic (exact) mass is 576 g/mol. The number of piperazine rings is 1. The Labute approximate surface area is 225 Å². The summed E-state index contributed by atoms with van der Waals surface area (Å²) in [6.45, 7) is 9.38. The summed E-state index contributed by atoms with van der Waals surface area (Å²) in [5, 5.41) is 2.21. The number of carbonyl (C=O) groups excluding carboxylic acids is 1. The van der Waals surface area contributed by atoms with E-state index in [9.17, 15) is 31.1 Å². The smallest absolute Gasteiger partial charge is 0.416 e. The maximum atomic E-state index is 13.2. The molecule has 0 saturated carbocycles. The minimum Gasteiger partial charge on any atom is -0.470 e. The summed E-state index contributed by atoms with van der Waals surface area (Å²) < 4.78 is 93.6. The normalized spacial score (nSPS) is 18.9. The molecule has 2 heterocycles. The van der Waals surface area contributed by atoms with Crippen LogP contribution >= 0.6 is 11.7 Å². The van der Waals surface area contributed by atoms with Crippen LogP contribution in [0.25, 0.3) is 0 Å². The zero-order valence-corrected chi connectivity index (χ0v) is 22.0. The Morgan fingerprint density at radius 1 is 1.13 bits per heavy atom. The lowest BCUT2D eigenvalue weighted by Crippen LogP contribution is -2.59. The van der Waals surface area contributed by atoms with Gasteiger partial charge in [-0.25, -0.2) is 4.79 Å². The van der Waals surface area contributed by atoms with Gasteiger partial charge in [0.2, 0.25) is 5.82 Å². The molecule has 39 heavy (non-hydrogen) atoms. The van der Waals surface area contributed by atoms with E-state index in [4.69, 9.17) is 4.74 Å². The number of benzene rings is 1. The molecule has 0 spiro atoms. The Hall–Kier alpha value is -3.62. The molecule has 8 nitrogen and oxygen atoms in total. The Balaban J connectivity index is 1.74. The third-order valence-electron chi connectivity index (χ3n) is 5.87. The number of aromatic nitrogens is 2. The van der Waals surface area contributed by atoms with E-state index in [1.807, 2.05) is 17.9 Å². The summed E-state index contributed by atoms with van der Waals surface area (Å²) in [6, 6.07) is -0.832. The van der Waals surface area contributed by atoms with Gasteiger partial charge in [-0.2, -0.15) is 30.7 Å². The van der Waals surface area contributed by atoms with Crippen LogP contribution in [0.1, 0.15) is 31.9 Å². The van der Waals surface area contributed by atoms with Gasteiger partial charge in [-0.15, -0.1) is 4.37 Å². The van der Waals surface area contributed by atoms with E-state index in [0.29, 0.717) is 23.8 Å². The van der Waals surface area contributed by atoms with Crippen LogP contribution in [0, 0.1) is 0 Å². The third kappa shape index (κ3) is 7.49. The van der Waals surface area contributed by atoms with Gasteiger partial charge in [-0.05, 0) is 57.3 Å². The highest BCUT2D eigenvalue weighted by Gasteiger charge is 2.38. The van der Waals surface area contributed by atoms with Gasteiger partial charge in [0, 0.05) is 37.1 Å². The highest BCUT2D eigenvalue weighted by Crippen LogP contribution is 2.38. The molecule has 1 saturated heterocycles. The zero-order chi connectivity index (χ0) is 29.0. The summed E-state index contributed by atoms with van der Waals surface area (Å²) in [7, 11) is 0. The molecule has 2 aromatic rings. The van der Waals surface area contributed by atoms with Crippen molar-refractivity contribution in [1.29, 1.82) is 0 Å². The molecule has 0 aliphatic carbocycles. The van der Waals surface area contributed by atoms with E-state index in [-0.39, 0.29) is 25.8 Å². The number of nitrogens with zero attached hydrogens (tertiary/aromatic N) is 5. The molecule has 1 fully saturated rings. The second kappa shape index (κ2) is 12.1. The van der Waals surface area contributed by atoms with Gasteiger partial charge >= 0.3 is 18.4 Å². The van der Waals surface area contributed by atoms with Gasteiger partial charge in [0.1, 0.15) is 6.61 Å². The van der Waals surface area contributed by atoms with Crippen molar-refractivity contribution in [3.63, 3.8) is 0 Å². The van der Waals surface area contributed by atoms with E-state index >= 15 is 0 Å². The summed E-state index contributed by atoms with van der Waals surface area (Å²) >= 11 is 0.946. The fourth-order valence-corrected chi connectivity index (χ4v) is 4.62. The Morgan fingerprint density at radius 3 is 2.23 bits per heavy atom. The van der Waals surface area contributed by atoms with E-state index in [1.165, 1.54) is 11.1 Å². The van der Waals surface area contributed by atoms with Gasteiger partial charge in [-0.1, -0.05) is 6.08 Å². The van der Waals surface area contributed by atoms with Gasteiger partial charge in [0.25, 0.3) is 5.88 Å². The van der Waals surface area contributed by atoms with Gasteiger partial charge in [-0.3, -0.25) is 4.99 Å². The number of allylic oxidation sites excluding steroid dienone is 1. The van der Waals surface area contributed by atoms with Crippen LogP contribution in [0.2, 0.25) is 0 Å². The molecule has 1 aliphatic heterocycles. The fourth-order valence-electron chi connectivity index (χ4n) is 4.10. The number of urea groups is 1. The number of hydrogen-bond acceptors (Lipinski definition) is 7. The molecular weight excluding hydrogens is 550 g/mol. The van der Waals surface area contributed by atoms with Crippen LogP contribution in [0.3, 0.4) is 0 Å². The minimum absolute atomic E-state index is 0.00706. The van der Waals surface area contributed by atoms with Crippen LogP contribution in [-0.2, 0) is 12.4 Å². The molecule has 2 unspecified atom stereocenters. The van der Waals surface area contributed by atoms with E-state index < -0.39 is 47.3 Å². The minimum atomic E-state index is -5.03. The average Bonchev–Trinajstić information content (AvgIpc) is 3.31. The van der Waals surface area contributed by atoms with Crippen molar-refractivity contribution in [1.82, 2.24) is 13.6 Å². The first-order chi connectivity index (χ1) is 18.2. The molecule has 2 atom stereocenters. The van der Waals surface area contributed by atoms with Crippen LogP contribution < -0.4 is 15.0 Å². The number of nitrogens with one attached hydrogen (secondary N) is 1. The van der Waals surface area contributed by atoms with Gasteiger partial charge < -0.3 is 19.9 Å². The first-order valence-corrected chi connectivity index (χ1v) is 12.3. The lowest BCUT2D eigenvalue weighted by atomic mass is 10.1. The van der Waals surface area contributed by atoms with Crippen molar-refractivity contribution in [3.8, 4) is 5.88 Å². The quantitative estimate of drug-likeness (QED) is 0.240. The third-order valence-corrected chi connectivity index (χ3v) is 6.38. The number of alkyl halides is 6. The largest absolute Gasteiger partial charge is 0.470 e. The fraction of sp³-hybridized carbons (Fsp3) is 0.417. The molecule has 0 radical (unpaired) electrons. The van der Waals surface area contributed by atoms with E-state index in [0.717, 1.165) is 17.3 Å². The molecular formula is C24H26F6N6O2S. The molecule has 0 bridgehead atoms. The summed E-state index contributed by atoms with van der Waals surface area (Å²) in [4.78, 5) is 19.9. The Bertz CT molecular complexity index is 1200. The van der Waals surface area contributed by atoms with Crippen molar-refractivity contribution in [2.45, 2.75) is 45.2 Å². The van der Waals surface area contributed by atoms with Crippen LogP contribution in [0.4, 0.5) is 42.6 Å². The molecule has 212 valence electrons. The first kappa shape index (κ1) is 29.9. The number of halogens is 6. The number of amides is 2. The van der Waals surface area contributed by atoms with Gasteiger partial charge in [0.15, 0.2) is 0 Å². The second-order valence-corrected chi connectivity index (χ2v) is 9.31. The summed E-state index contributed by atoms with van der Waals surface area (Å²) in [6.07, 6.45) is -4.96. The highest BCUT2D eigenvalue weighted by atomic mass is 32.1. The SMILES string of the molecule is C=N/C=C\C(=C/C)COc1nsnc1N1CC(C)N(C(=O)Nc2cc(C(F)(F)F)cc(C(F)(F)F)c2)C(C)C1. The van der Waals surface area contributed by atoms with Crippen LogP contribution in [0.5, 0.6) is 5.88 Å². The number of aliphatic imine (C=N–C) groups is 1. The van der Waals surface area contributed by atoms with Crippen LogP contribution in [0.15, 0.2) is 47.1 Å². The zero-order valence-electron chi connectivity index (χ0n) is 21.2. The number of hydrogen-bond donors (Lipinski definition) is 1. The molecule has 1 aromatic carbocycles. The van der Waals surface area contributed by atoms with Crippen molar-refractivity contribution in [3.05, 3.63) is 53.3 Å². The van der Waals surface area contributed by atoms with Crippen molar-refractivity contribution >= 4 is 36.0 Å². The predicted octanol–water partition coefficient (Wildman–Crippen LogP) is 6.25. The predicted molar refractivity (Wildman–Crippen MR) is 136 cm³/mol. The molecule has 2 amide bonds. The molecule has 3 rings (SSSR count). The number of carbonyl (C=O) groups is 1. The maximum absolute atomic E-state index is 13.2. The average molecular weight is 577 g/mol. The number of ether oxygens (including phenoxy) is 1. The van der Waals surface area contributed by atoms with E-state index in [2.05, 4.69) is 25.8 Å². The first-order valence-electron chi connectivity index (χ1n) is 11.6. The summed E-state index contributed by atoms with van der Waals surface area (Å²) in [5.41, 5.74) is -2.81. The molecule has 15 heteroatoms. The highest BCUT2D eigenvalue weighted by molar-refractivity contribution is 6.99. The number of anilines is 2. The van der Waals surface area contributed by atoms with E-state index in [1.54, 1.807) is 19.9 Å². The molecule has 1 N–H and O–H groups in total. The van der Waals surface area contributed by atoms with Crippen molar-refractivity contribution in [2.75, 3.05) is 29.9 Å². The molecule has 1 aromatic heterocycles. The van der Waals surface area contributed by atoms with Crippen molar-refractivity contribution in [2.24, 2.45) is 4.99 Å².